The van der Waals surface area contributed by atoms with Crippen molar-refractivity contribution in [3.63, 3.8) is 0 Å². The molecule has 4 nitrogen and oxygen atoms in total. The van der Waals surface area contributed by atoms with Crippen molar-refractivity contribution in [2.24, 2.45) is 0 Å². The van der Waals surface area contributed by atoms with E-state index in [-0.39, 0.29) is 5.91 Å². The molecule has 1 fully saturated rings. The lowest BCUT2D eigenvalue weighted by molar-refractivity contribution is -0.117. The Hall–Kier alpha value is -1.55. The van der Waals surface area contributed by atoms with Gasteiger partial charge < -0.3 is 15.0 Å². The fraction of sp³-hybridized carbons (Fsp3) is 0.462. The van der Waals surface area contributed by atoms with E-state index in [4.69, 9.17) is 4.74 Å². The number of nitrogens with zero attached hydrogens (tertiary/aromatic N) is 1. The molecule has 2 rings (SSSR count). The highest BCUT2D eigenvalue weighted by molar-refractivity contribution is 5.96. The largest absolute Gasteiger partial charge is 0.495 e. The molecule has 0 radical (unpaired) electrons. The highest BCUT2D eigenvalue weighted by Gasteiger charge is 2.20. The lowest BCUT2D eigenvalue weighted by Crippen LogP contribution is -2.35. The second kappa shape index (κ2) is 5.19. The van der Waals surface area contributed by atoms with Crippen LogP contribution in [0.3, 0.4) is 0 Å². The Morgan fingerprint density at radius 2 is 2.24 bits per heavy atom. The molecule has 1 amide bonds. The van der Waals surface area contributed by atoms with Crippen LogP contribution in [0.2, 0.25) is 0 Å². The third kappa shape index (κ3) is 2.58. The van der Waals surface area contributed by atoms with Crippen molar-refractivity contribution in [3.8, 4) is 5.75 Å². The minimum absolute atomic E-state index is 0.103. The number of aryl methyl sites for hydroxylation is 1. The minimum atomic E-state index is 0.103. The van der Waals surface area contributed by atoms with Crippen LogP contribution in [0, 0.1) is 6.92 Å². The molecule has 0 bridgehead atoms. The van der Waals surface area contributed by atoms with Crippen LogP contribution in [0.4, 0.5) is 5.69 Å². The van der Waals surface area contributed by atoms with Gasteiger partial charge in [-0.05, 0) is 37.6 Å². The Morgan fingerprint density at radius 1 is 1.41 bits per heavy atom. The molecule has 1 saturated heterocycles. The van der Waals surface area contributed by atoms with Crippen molar-refractivity contribution in [3.05, 3.63) is 23.8 Å². The predicted molar refractivity (Wildman–Crippen MR) is 67.6 cm³/mol. The first-order valence-corrected chi connectivity index (χ1v) is 5.88. The average Bonchev–Trinajstić information content (AvgIpc) is 2.54. The van der Waals surface area contributed by atoms with Gasteiger partial charge in [0.15, 0.2) is 0 Å². The monoisotopic (exact) mass is 234 g/mol. The summed E-state index contributed by atoms with van der Waals surface area (Å²) >= 11 is 0. The number of benzene rings is 1. The number of carbonyl (C=O) groups excluding carboxylic acids is 1. The van der Waals surface area contributed by atoms with Crippen LogP contribution >= 0.6 is 0 Å². The van der Waals surface area contributed by atoms with E-state index < -0.39 is 0 Å². The number of methoxy groups -OCH3 is 1. The van der Waals surface area contributed by atoms with E-state index in [1.54, 1.807) is 7.11 Å². The first kappa shape index (κ1) is 11.9. The molecule has 1 N–H and O–H groups in total. The minimum Gasteiger partial charge on any atom is -0.495 e. The van der Waals surface area contributed by atoms with Crippen molar-refractivity contribution in [1.29, 1.82) is 0 Å². The first-order chi connectivity index (χ1) is 8.22. The zero-order valence-electron chi connectivity index (χ0n) is 10.3. The molecular weight excluding hydrogens is 216 g/mol. The fourth-order valence-corrected chi connectivity index (χ4v) is 2.04. The van der Waals surface area contributed by atoms with Crippen LogP contribution in [-0.4, -0.2) is 32.7 Å². The van der Waals surface area contributed by atoms with Gasteiger partial charge in [0.2, 0.25) is 5.91 Å². The predicted octanol–water partition coefficient (Wildman–Crippen LogP) is 1.33. The van der Waals surface area contributed by atoms with Gasteiger partial charge in [-0.15, -0.1) is 0 Å². The molecule has 0 saturated carbocycles. The van der Waals surface area contributed by atoms with E-state index in [1.165, 1.54) is 0 Å². The molecule has 1 heterocycles. The van der Waals surface area contributed by atoms with Gasteiger partial charge in [0.05, 0.1) is 19.3 Å². The van der Waals surface area contributed by atoms with E-state index in [1.807, 2.05) is 30.0 Å². The zero-order chi connectivity index (χ0) is 12.3. The molecule has 1 aliphatic heterocycles. The summed E-state index contributed by atoms with van der Waals surface area (Å²) in [6.45, 7) is 4.04. The number of hydrogen-bond acceptors (Lipinski definition) is 3. The van der Waals surface area contributed by atoms with Crippen molar-refractivity contribution in [2.75, 3.05) is 31.6 Å². The molecule has 92 valence electrons. The molecule has 1 aromatic carbocycles. The van der Waals surface area contributed by atoms with Crippen molar-refractivity contribution in [1.82, 2.24) is 5.32 Å². The third-order valence-electron chi connectivity index (χ3n) is 2.94. The topological polar surface area (TPSA) is 41.6 Å². The molecule has 1 aromatic rings. The van der Waals surface area contributed by atoms with E-state index in [9.17, 15) is 4.79 Å². The Bertz CT molecular complexity index is 418. The molecule has 4 heteroatoms. The SMILES string of the molecule is COc1ccc(C)cc1N1CCCNCC1=O. The lowest BCUT2D eigenvalue weighted by atomic mass is 10.2. The average molecular weight is 234 g/mol. The van der Waals surface area contributed by atoms with E-state index in [0.29, 0.717) is 6.54 Å². The van der Waals surface area contributed by atoms with Gasteiger partial charge in [0, 0.05) is 6.54 Å². The number of anilines is 1. The van der Waals surface area contributed by atoms with Crippen molar-refractivity contribution in [2.45, 2.75) is 13.3 Å². The summed E-state index contributed by atoms with van der Waals surface area (Å²) in [5, 5.41) is 3.12. The Balaban J connectivity index is 2.36. The van der Waals surface area contributed by atoms with E-state index in [2.05, 4.69) is 5.32 Å². The Kier molecular flexibility index (Phi) is 3.64. The van der Waals surface area contributed by atoms with Crippen LogP contribution in [0.5, 0.6) is 5.75 Å². The maximum absolute atomic E-state index is 12.0. The number of carbonyl (C=O) groups is 1. The highest BCUT2D eigenvalue weighted by Crippen LogP contribution is 2.29. The van der Waals surface area contributed by atoms with Crippen molar-refractivity contribution < 1.29 is 9.53 Å². The van der Waals surface area contributed by atoms with Gasteiger partial charge in [-0.2, -0.15) is 0 Å². The van der Waals surface area contributed by atoms with E-state index in [0.717, 1.165) is 36.5 Å². The van der Waals surface area contributed by atoms with Gasteiger partial charge in [0.1, 0.15) is 5.75 Å². The normalized spacial score (nSPS) is 16.8. The summed E-state index contributed by atoms with van der Waals surface area (Å²) in [4.78, 5) is 13.8. The van der Waals surface area contributed by atoms with Gasteiger partial charge in [-0.3, -0.25) is 4.79 Å². The maximum atomic E-state index is 12.0. The van der Waals surface area contributed by atoms with Gasteiger partial charge in [0.25, 0.3) is 0 Å². The number of hydrogen-bond donors (Lipinski definition) is 1. The van der Waals surface area contributed by atoms with Crippen LogP contribution in [-0.2, 0) is 4.79 Å². The number of ether oxygens (including phenoxy) is 1. The number of rotatable bonds is 2. The number of amides is 1. The smallest absolute Gasteiger partial charge is 0.241 e. The van der Waals surface area contributed by atoms with Crippen molar-refractivity contribution >= 4 is 11.6 Å². The molecule has 0 unspecified atom stereocenters. The standard InChI is InChI=1S/C13H18N2O2/c1-10-4-5-12(17-2)11(8-10)15-7-3-6-14-9-13(15)16/h4-5,8,14H,3,6-7,9H2,1-2H3. The second-order valence-corrected chi connectivity index (χ2v) is 4.25. The maximum Gasteiger partial charge on any atom is 0.241 e. The molecule has 0 atom stereocenters. The molecule has 17 heavy (non-hydrogen) atoms. The molecule has 1 aliphatic rings. The quantitative estimate of drug-likeness (QED) is 0.839. The van der Waals surface area contributed by atoms with Crippen LogP contribution in [0.15, 0.2) is 18.2 Å². The lowest BCUT2D eigenvalue weighted by Gasteiger charge is -2.23. The third-order valence-corrected chi connectivity index (χ3v) is 2.94. The Morgan fingerprint density at radius 3 is 3.00 bits per heavy atom. The summed E-state index contributed by atoms with van der Waals surface area (Å²) in [5.74, 6) is 0.859. The summed E-state index contributed by atoms with van der Waals surface area (Å²) in [5.41, 5.74) is 2.01. The van der Waals surface area contributed by atoms with E-state index >= 15 is 0 Å². The second-order valence-electron chi connectivity index (χ2n) is 4.25. The zero-order valence-corrected chi connectivity index (χ0v) is 10.3. The van der Waals surface area contributed by atoms with Crippen LogP contribution in [0.1, 0.15) is 12.0 Å². The molecular formula is C13H18N2O2. The summed E-state index contributed by atoms with van der Waals surface area (Å²) < 4.78 is 5.33. The molecule has 0 aromatic heterocycles. The summed E-state index contributed by atoms with van der Waals surface area (Å²) in [7, 11) is 1.63. The van der Waals surface area contributed by atoms with Crippen LogP contribution in [0.25, 0.3) is 0 Å². The molecule has 0 spiro atoms. The van der Waals surface area contributed by atoms with Gasteiger partial charge >= 0.3 is 0 Å². The summed E-state index contributed by atoms with van der Waals surface area (Å²) in [6.07, 6.45) is 0.961. The fourth-order valence-electron chi connectivity index (χ4n) is 2.04. The van der Waals surface area contributed by atoms with Crippen LogP contribution < -0.4 is 15.0 Å². The molecule has 0 aliphatic carbocycles. The van der Waals surface area contributed by atoms with Gasteiger partial charge in [-0.1, -0.05) is 6.07 Å². The summed E-state index contributed by atoms with van der Waals surface area (Å²) in [6, 6.07) is 5.90. The van der Waals surface area contributed by atoms with Gasteiger partial charge in [-0.25, -0.2) is 0 Å². The first-order valence-electron chi connectivity index (χ1n) is 5.88. The number of nitrogens with one attached hydrogen (secondary N) is 1. The highest BCUT2D eigenvalue weighted by atomic mass is 16.5. The Labute approximate surface area is 102 Å².